The summed E-state index contributed by atoms with van der Waals surface area (Å²) in [6.07, 6.45) is 4.80. The Balaban J connectivity index is 1.92. The summed E-state index contributed by atoms with van der Waals surface area (Å²) in [6, 6.07) is 0.834. The van der Waals surface area contributed by atoms with E-state index in [1.54, 1.807) is 11.3 Å². The van der Waals surface area contributed by atoms with E-state index in [9.17, 15) is 4.79 Å². The van der Waals surface area contributed by atoms with Gasteiger partial charge in [0.2, 0.25) is 5.91 Å². The third-order valence-electron chi connectivity index (χ3n) is 3.58. The maximum absolute atomic E-state index is 11.8. The van der Waals surface area contributed by atoms with E-state index in [2.05, 4.69) is 9.88 Å². The van der Waals surface area contributed by atoms with Crippen LogP contribution in [0.5, 0.6) is 0 Å². The Bertz CT molecular complexity index is 392. The van der Waals surface area contributed by atoms with E-state index in [0.717, 1.165) is 18.1 Å². The average Bonchev–Trinajstić information content (AvgIpc) is 2.84. The number of amides is 1. The van der Waals surface area contributed by atoms with Gasteiger partial charge in [-0.05, 0) is 12.8 Å². The molecule has 0 saturated carbocycles. The molecule has 1 amide bonds. The first-order valence-corrected chi connectivity index (χ1v) is 6.55. The van der Waals surface area contributed by atoms with Gasteiger partial charge in [-0.25, -0.2) is 4.98 Å². The summed E-state index contributed by atoms with van der Waals surface area (Å²) in [4.78, 5) is 20.4. The largest absolute Gasteiger partial charge is 0.344 e. The first kappa shape index (κ1) is 10.1. The lowest BCUT2D eigenvalue weighted by molar-refractivity contribution is -0.129. The summed E-state index contributed by atoms with van der Waals surface area (Å²) < 4.78 is 0. The van der Waals surface area contributed by atoms with Crippen molar-refractivity contribution >= 4 is 22.4 Å². The first-order chi connectivity index (χ1) is 7.75. The van der Waals surface area contributed by atoms with Crippen molar-refractivity contribution in [1.82, 2.24) is 9.88 Å². The van der Waals surface area contributed by atoms with Crippen LogP contribution in [0.15, 0.2) is 11.6 Å². The van der Waals surface area contributed by atoms with Crippen molar-refractivity contribution in [3.63, 3.8) is 0 Å². The molecular formula is C11H15N3OS. The maximum atomic E-state index is 11.8. The predicted octanol–water partition coefficient (Wildman–Crippen LogP) is 1.34. The molecule has 2 bridgehead atoms. The Labute approximate surface area is 98.9 Å². The van der Waals surface area contributed by atoms with Crippen LogP contribution < -0.4 is 4.90 Å². The second-order valence-corrected chi connectivity index (χ2v) is 5.46. The standard InChI is InChI=1S/C11H15N3OS/c1-13-7-9-3-2-8(6-10(13)15)14(9)11-12-4-5-16-11/h4-5,8-9H,2-3,6-7H2,1H3/t8-,9+/m1/s1. The molecule has 0 N–H and O–H groups in total. The van der Waals surface area contributed by atoms with E-state index in [-0.39, 0.29) is 5.91 Å². The number of likely N-dealkylation sites (N-methyl/N-ethyl adjacent to an activating group) is 1. The van der Waals surface area contributed by atoms with Crippen LogP contribution in [0.25, 0.3) is 0 Å². The summed E-state index contributed by atoms with van der Waals surface area (Å²) in [7, 11) is 1.91. The molecule has 3 heterocycles. The van der Waals surface area contributed by atoms with Crippen LogP contribution in [0.1, 0.15) is 19.3 Å². The number of carbonyl (C=O) groups is 1. The van der Waals surface area contributed by atoms with Crippen LogP contribution in [0.3, 0.4) is 0 Å². The molecule has 0 spiro atoms. The SMILES string of the molecule is CN1C[C@@H]2CC[C@H](CC1=O)N2c1nccs1. The number of aromatic nitrogens is 1. The van der Waals surface area contributed by atoms with Crippen molar-refractivity contribution < 1.29 is 4.79 Å². The molecule has 0 radical (unpaired) electrons. The predicted molar refractivity (Wildman–Crippen MR) is 63.7 cm³/mol. The van der Waals surface area contributed by atoms with Gasteiger partial charge < -0.3 is 9.80 Å². The first-order valence-electron chi connectivity index (χ1n) is 5.67. The highest BCUT2D eigenvalue weighted by molar-refractivity contribution is 7.13. The van der Waals surface area contributed by atoms with Crippen LogP contribution in [0, 0.1) is 0 Å². The number of nitrogens with zero attached hydrogens (tertiary/aromatic N) is 3. The quantitative estimate of drug-likeness (QED) is 0.739. The lowest BCUT2D eigenvalue weighted by Gasteiger charge is -2.27. The Hall–Kier alpha value is -1.10. The number of anilines is 1. The van der Waals surface area contributed by atoms with Crippen molar-refractivity contribution in [3.8, 4) is 0 Å². The van der Waals surface area contributed by atoms with Crippen LogP contribution in [0.4, 0.5) is 5.13 Å². The minimum Gasteiger partial charge on any atom is -0.344 e. The van der Waals surface area contributed by atoms with Crippen molar-refractivity contribution in [2.45, 2.75) is 31.3 Å². The minimum atomic E-state index is 0.272. The zero-order chi connectivity index (χ0) is 11.1. The van der Waals surface area contributed by atoms with Gasteiger partial charge in [0.1, 0.15) is 0 Å². The van der Waals surface area contributed by atoms with Crippen molar-refractivity contribution in [2.75, 3.05) is 18.5 Å². The second-order valence-electron chi connectivity index (χ2n) is 4.59. The Kier molecular flexibility index (Phi) is 2.35. The fourth-order valence-electron chi connectivity index (χ4n) is 2.77. The summed E-state index contributed by atoms with van der Waals surface area (Å²) in [5.41, 5.74) is 0. The van der Waals surface area contributed by atoms with Gasteiger partial charge in [0.25, 0.3) is 0 Å². The number of hydrogen-bond acceptors (Lipinski definition) is 4. The number of likely N-dealkylation sites (tertiary alicyclic amines) is 1. The number of rotatable bonds is 1. The molecule has 1 aromatic rings. The highest BCUT2D eigenvalue weighted by Crippen LogP contribution is 2.35. The van der Waals surface area contributed by atoms with Crippen LogP contribution >= 0.6 is 11.3 Å². The van der Waals surface area contributed by atoms with Gasteiger partial charge in [0, 0.05) is 43.7 Å². The molecule has 2 fully saturated rings. The Morgan fingerprint density at radius 1 is 1.44 bits per heavy atom. The molecule has 1 aromatic heterocycles. The number of thiazole rings is 1. The van der Waals surface area contributed by atoms with Gasteiger partial charge in [0.05, 0.1) is 0 Å². The minimum absolute atomic E-state index is 0.272. The van der Waals surface area contributed by atoms with Crippen LogP contribution in [-0.4, -0.2) is 41.5 Å². The third kappa shape index (κ3) is 1.50. The molecule has 3 rings (SSSR count). The number of carbonyl (C=O) groups excluding carboxylic acids is 1. The van der Waals surface area contributed by atoms with Crippen molar-refractivity contribution in [2.24, 2.45) is 0 Å². The molecule has 2 aliphatic rings. The summed E-state index contributed by atoms with van der Waals surface area (Å²) >= 11 is 1.67. The second kappa shape index (κ2) is 3.73. The monoisotopic (exact) mass is 237 g/mol. The third-order valence-corrected chi connectivity index (χ3v) is 4.37. The maximum Gasteiger partial charge on any atom is 0.224 e. The van der Waals surface area contributed by atoms with Crippen molar-refractivity contribution in [1.29, 1.82) is 0 Å². The van der Waals surface area contributed by atoms with E-state index in [0.29, 0.717) is 18.5 Å². The van der Waals surface area contributed by atoms with Gasteiger partial charge in [-0.3, -0.25) is 4.79 Å². The molecular weight excluding hydrogens is 222 g/mol. The molecule has 86 valence electrons. The highest BCUT2D eigenvalue weighted by Gasteiger charge is 2.40. The van der Waals surface area contributed by atoms with E-state index in [4.69, 9.17) is 0 Å². The Morgan fingerprint density at radius 3 is 3.00 bits per heavy atom. The van der Waals surface area contributed by atoms with E-state index < -0.39 is 0 Å². The fraction of sp³-hybridized carbons (Fsp3) is 0.636. The highest BCUT2D eigenvalue weighted by atomic mass is 32.1. The molecule has 0 aliphatic carbocycles. The molecule has 4 nitrogen and oxygen atoms in total. The summed E-state index contributed by atoms with van der Waals surface area (Å²) in [6.45, 7) is 0.842. The van der Waals surface area contributed by atoms with Gasteiger partial charge in [0.15, 0.2) is 5.13 Å². The zero-order valence-electron chi connectivity index (χ0n) is 9.30. The van der Waals surface area contributed by atoms with Gasteiger partial charge in [-0.2, -0.15) is 0 Å². The summed E-state index contributed by atoms with van der Waals surface area (Å²) in [5.74, 6) is 0.272. The lowest BCUT2D eigenvalue weighted by atomic mass is 10.1. The fourth-order valence-corrected chi connectivity index (χ4v) is 3.56. The number of fused-ring (bicyclic) bond motifs is 2. The van der Waals surface area contributed by atoms with Gasteiger partial charge in [-0.1, -0.05) is 0 Å². The van der Waals surface area contributed by atoms with Gasteiger partial charge in [-0.15, -0.1) is 11.3 Å². The molecule has 0 unspecified atom stereocenters. The van der Waals surface area contributed by atoms with E-state index in [1.165, 1.54) is 6.42 Å². The topological polar surface area (TPSA) is 36.4 Å². The molecule has 2 aliphatic heterocycles. The average molecular weight is 237 g/mol. The van der Waals surface area contributed by atoms with Crippen LogP contribution in [-0.2, 0) is 4.79 Å². The Morgan fingerprint density at radius 2 is 2.25 bits per heavy atom. The van der Waals surface area contributed by atoms with Crippen molar-refractivity contribution in [3.05, 3.63) is 11.6 Å². The van der Waals surface area contributed by atoms with E-state index >= 15 is 0 Å². The van der Waals surface area contributed by atoms with Gasteiger partial charge >= 0.3 is 0 Å². The molecule has 0 aromatic carbocycles. The molecule has 16 heavy (non-hydrogen) atoms. The number of hydrogen-bond donors (Lipinski definition) is 0. The van der Waals surface area contributed by atoms with E-state index in [1.807, 2.05) is 23.5 Å². The molecule has 2 saturated heterocycles. The molecule has 5 heteroatoms. The normalized spacial score (nSPS) is 29.7. The lowest BCUT2D eigenvalue weighted by Crippen LogP contribution is -2.38. The van der Waals surface area contributed by atoms with Crippen LogP contribution in [0.2, 0.25) is 0 Å². The smallest absolute Gasteiger partial charge is 0.224 e. The zero-order valence-corrected chi connectivity index (χ0v) is 10.1. The molecule has 2 atom stereocenters. The summed E-state index contributed by atoms with van der Waals surface area (Å²) in [5, 5.41) is 3.08.